The van der Waals surface area contributed by atoms with Gasteiger partial charge >= 0.3 is 6.41 Å². The van der Waals surface area contributed by atoms with E-state index in [-0.39, 0.29) is 0 Å². The van der Waals surface area contributed by atoms with Gasteiger partial charge in [0, 0.05) is 13.1 Å². The Labute approximate surface area is 49.6 Å². The summed E-state index contributed by atoms with van der Waals surface area (Å²) in [5.74, 6) is 0. The van der Waals surface area contributed by atoms with Crippen LogP contribution >= 0.6 is 0 Å². The molecule has 0 spiro atoms. The fourth-order valence-electron chi connectivity index (χ4n) is 0.201. The van der Waals surface area contributed by atoms with Gasteiger partial charge in [-0.3, -0.25) is 10.2 Å². The van der Waals surface area contributed by atoms with Crippen LogP contribution < -0.4 is 5.43 Å². The zero-order valence-electron chi connectivity index (χ0n) is 5.43. The van der Waals surface area contributed by atoms with Gasteiger partial charge < -0.3 is 0 Å². The summed E-state index contributed by atoms with van der Waals surface area (Å²) in [6.45, 7) is 3.95. The van der Waals surface area contributed by atoms with E-state index >= 15 is 0 Å². The lowest BCUT2D eigenvalue weighted by Crippen LogP contribution is -2.38. The SMILES string of the molecule is CC(C)N(C)N[C]=O. The fraction of sp³-hybridized carbons (Fsp3) is 0.800. The molecule has 0 bridgehead atoms. The van der Waals surface area contributed by atoms with Gasteiger partial charge in [0.25, 0.3) is 0 Å². The Morgan fingerprint density at radius 1 is 1.62 bits per heavy atom. The zero-order chi connectivity index (χ0) is 6.57. The number of amides is 1. The summed E-state index contributed by atoms with van der Waals surface area (Å²) in [4.78, 5) is 9.64. The molecule has 0 fully saturated rings. The lowest BCUT2D eigenvalue weighted by atomic mass is 10.4. The predicted octanol–water partition coefficient (Wildman–Crippen LogP) is -0.102. The van der Waals surface area contributed by atoms with Gasteiger partial charge in [0.2, 0.25) is 0 Å². The molecule has 0 rings (SSSR count). The zero-order valence-corrected chi connectivity index (χ0v) is 5.43. The highest BCUT2D eigenvalue weighted by atomic mass is 16.1. The molecule has 3 nitrogen and oxygen atoms in total. The molecule has 0 aromatic rings. The van der Waals surface area contributed by atoms with Gasteiger partial charge in [0.05, 0.1) is 0 Å². The first-order chi connectivity index (χ1) is 3.68. The summed E-state index contributed by atoms with van der Waals surface area (Å²) in [7, 11) is 1.79. The molecule has 8 heavy (non-hydrogen) atoms. The minimum atomic E-state index is 0.330. The quantitative estimate of drug-likeness (QED) is 0.411. The Morgan fingerprint density at radius 2 is 2.12 bits per heavy atom. The molecule has 0 aliphatic carbocycles. The lowest BCUT2D eigenvalue weighted by Gasteiger charge is -2.17. The summed E-state index contributed by atoms with van der Waals surface area (Å²) in [5.41, 5.74) is 2.37. The number of hydrogen-bond acceptors (Lipinski definition) is 2. The van der Waals surface area contributed by atoms with Crippen LogP contribution in [-0.4, -0.2) is 24.5 Å². The van der Waals surface area contributed by atoms with Crippen LogP contribution in [0.4, 0.5) is 0 Å². The molecule has 1 amide bonds. The maximum atomic E-state index is 9.64. The smallest absolute Gasteiger partial charge is 0.281 e. The Hall–Kier alpha value is -0.570. The molecule has 1 radical (unpaired) electrons. The van der Waals surface area contributed by atoms with Crippen molar-refractivity contribution in [1.29, 1.82) is 0 Å². The number of nitrogens with zero attached hydrogens (tertiary/aromatic N) is 1. The summed E-state index contributed by atoms with van der Waals surface area (Å²) in [6, 6.07) is 0.330. The molecule has 0 aliphatic rings. The molecule has 0 aromatic heterocycles. The largest absolute Gasteiger partial charge is 0.324 e. The number of rotatable bonds is 3. The first-order valence-electron chi connectivity index (χ1n) is 2.54. The minimum Gasteiger partial charge on any atom is -0.281 e. The van der Waals surface area contributed by atoms with E-state index in [2.05, 4.69) is 5.43 Å². The molecule has 1 N–H and O–H groups in total. The van der Waals surface area contributed by atoms with Crippen molar-refractivity contribution in [2.75, 3.05) is 7.05 Å². The van der Waals surface area contributed by atoms with Crippen molar-refractivity contribution in [3.63, 3.8) is 0 Å². The molecular formula is C5H11N2O. The normalized spacial score (nSPS) is 10.1. The van der Waals surface area contributed by atoms with Crippen LogP contribution in [-0.2, 0) is 4.79 Å². The van der Waals surface area contributed by atoms with Crippen LogP contribution in [0.15, 0.2) is 0 Å². The van der Waals surface area contributed by atoms with Crippen LogP contribution in [0.2, 0.25) is 0 Å². The van der Waals surface area contributed by atoms with Gasteiger partial charge in [-0.15, -0.1) is 0 Å². The Kier molecular flexibility index (Phi) is 3.19. The Morgan fingerprint density at radius 3 is 2.25 bits per heavy atom. The summed E-state index contributed by atoms with van der Waals surface area (Å²) < 4.78 is 0. The van der Waals surface area contributed by atoms with Gasteiger partial charge in [0.15, 0.2) is 0 Å². The number of hydrazine groups is 1. The number of hydrogen-bond donors (Lipinski definition) is 1. The molecule has 0 unspecified atom stereocenters. The average Bonchev–Trinajstić information content (AvgIpc) is 1.67. The summed E-state index contributed by atoms with van der Waals surface area (Å²) in [6.07, 6.45) is 1.57. The summed E-state index contributed by atoms with van der Waals surface area (Å²) >= 11 is 0. The molecule has 47 valence electrons. The van der Waals surface area contributed by atoms with Crippen molar-refractivity contribution in [2.45, 2.75) is 19.9 Å². The second kappa shape index (κ2) is 3.43. The van der Waals surface area contributed by atoms with Gasteiger partial charge in [-0.25, -0.2) is 5.01 Å². The van der Waals surface area contributed by atoms with Crippen LogP contribution in [0.1, 0.15) is 13.8 Å². The minimum absolute atomic E-state index is 0.330. The fourth-order valence-corrected chi connectivity index (χ4v) is 0.201. The molecule has 0 saturated heterocycles. The Bertz CT molecular complexity index is 72.8. The van der Waals surface area contributed by atoms with E-state index in [1.165, 1.54) is 0 Å². The number of nitrogens with one attached hydrogen (secondary N) is 1. The van der Waals surface area contributed by atoms with Crippen molar-refractivity contribution in [3.05, 3.63) is 0 Å². The van der Waals surface area contributed by atoms with E-state index in [1.54, 1.807) is 18.5 Å². The standard InChI is InChI=1S/C5H11N2O/c1-5(2)7(3)6-4-8/h5H,1-3H3,(H,6,8). The highest BCUT2D eigenvalue weighted by Crippen LogP contribution is 1.84. The second-order valence-corrected chi connectivity index (χ2v) is 1.92. The molecule has 0 heterocycles. The maximum Gasteiger partial charge on any atom is 0.324 e. The van der Waals surface area contributed by atoms with Crippen molar-refractivity contribution in [1.82, 2.24) is 10.4 Å². The average molecular weight is 115 g/mol. The van der Waals surface area contributed by atoms with Crippen LogP contribution in [0.25, 0.3) is 0 Å². The van der Waals surface area contributed by atoms with E-state index in [9.17, 15) is 4.79 Å². The Balaban J connectivity index is 3.30. The van der Waals surface area contributed by atoms with E-state index in [0.717, 1.165) is 0 Å². The predicted molar refractivity (Wildman–Crippen MR) is 31.7 cm³/mol. The van der Waals surface area contributed by atoms with E-state index in [4.69, 9.17) is 0 Å². The van der Waals surface area contributed by atoms with E-state index in [1.807, 2.05) is 13.8 Å². The third-order valence-corrected chi connectivity index (χ3v) is 0.997. The van der Waals surface area contributed by atoms with Crippen LogP contribution in [0.5, 0.6) is 0 Å². The molecule has 0 aromatic carbocycles. The highest BCUT2D eigenvalue weighted by Gasteiger charge is 1.98. The highest BCUT2D eigenvalue weighted by molar-refractivity contribution is 5.46. The molecule has 0 aliphatic heterocycles. The topological polar surface area (TPSA) is 32.3 Å². The maximum absolute atomic E-state index is 9.64. The third-order valence-electron chi connectivity index (χ3n) is 0.997. The molecular weight excluding hydrogens is 104 g/mol. The molecule has 0 saturated carbocycles. The molecule has 0 atom stereocenters. The third kappa shape index (κ3) is 2.58. The van der Waals surface area contributed by atoms with Crippen molar-refractivity contribution in [2.24, 2.45) is 0 Å². The van der Waals surface area contributed by atoms with Gasteiger partial charge in [0.1, 0.15) is 0 Å². The van der Waals surface area contributed by atoms with Crippen molar-refractivity contribution in [3.8, 4) is 0 Å². The monoisotopic (exact) mass is 115 g/mol. The van der Waals surface area contributed by atoms with E-state index < -0.39 is 0 Å². The van der Waals surface area contributed by atoms with Crippen molar-refractivity contribution < 1.29 is 4.79 Å². The van der Waals surface area contributed by atoms with Crippen LogP contribution in [0, 0.1) is 0 Å². The first-order valence-corrected chi connectivity index (χ1v) is 2.54. The summed E-state index contributed by atoms with van der Waals surface area (Å²) in [5, 5.41) is 1.67. The van der Waals surface area contributed by atoms with Gasteiger partial charge in [-0.2, -0.15) is 0 Å². The first kappa shape index (κ1) is 7.43. The van der Waals surface area contributed by atoms with Gasteiger partial charge in [-0.05, 0) is 13.8 Å². The lowest BCUT2D eigenvalue weighted by molar-refractivity contribution is 0.230. The van der Waals surface area contributed by atoms with E-state index in [0.29, 0.717) is 6.04 Å². The number of carbonyl (C=O) groups excluding carboxylic acids is 1. The van der Waals surface area contributed by atoms with Crippen molar-refractivity contribution >= 4 is 6.41 Å². The molecule has 3 heteroatoms. The second-order valence-electron chi connectivity index (χ2n) is 1.92. The van der Waals surface area contributed by atoms with Gasteiger partial charge in [-0.1, -0.05) is 0 Å². The van der Waals surface area contributed by atoms with Crippen LogP contribution in [0.3, 0.4) is 0 Å².